The van der Waals surface area contributed by atoms with E-state index >= 15 is 0 Å². The van der Waals surface area contributed by atoms with Crippen LogP contribution >= 0.6 is 23.2 Å². The Hall–Kier alpha value is -2.30. The first-order valence-electron chi connectivity index (χ1n) is 7.27. The van der Waals surface area contributed by atoms with Crippen LogP contribution in [0.4, 0.5) is 0 Å². The third-order valence-electron chi connectivity index (χ3n) is 3.45. The minimum atomic E-state index is -0.898. The van der Waals surface area contributed by atoms with Gasteiger partial charge in [-0.1, -0.05) is 53.5 Å². The van der Waals surface area contributed by atoms with Crippen molar-refractivity contribution in [2.24, 2.45) is 0 Å². The molecule has 0 saturated heterocycles. The number of aliphatic carboxylic acids is 1. The van der Waals surface area contributed by atoms with Gasteiger partial charge in [0.2, 0.25) is 0 Å². The van der Waals surface area contributed by atoms with E-state index in [1.807, 2.05) is 30.3 Å². The van der Waals surface area contributed by atoms with Crippen LogP contribution in [0.2, 0.25) is 10.0 Å². The molecule has 0 radical (unpaired) electrons. The maximum Gasteiger partial charge on any atom is 0.303 e. The second kappa shape index (κ2) is 7.07. The maximum atomic E-state index is 10.8. The monoisotopic (exact) mass is 361 g/mol. The SMILES string of the molecule is O=C(O)CCc1nc(-c2ccccc2)c(-c2ccc(Cl)c(Cl)c2)o1. The Morgan fingerprint density at radius 2 is 1.79 bits per heavy atom. The van der Waals surface area contributed by atoms with Crippen LogP contribution in [0.1, 0.15) is 12.3 Å². The lowest BCUT2D eigenvalue weighted by Gasteiger charge is -2.03. The Balaban J connectivity index is 2.08. The minimum Gasteiger partial charge on any atom is -0.481 e. The average Bonchev–Trinajstić information content (AvgIpc) is 3.00. The summed E-state index contributed by atoms with van der Waals surface area (Å²) in [4.78, 5) is 15.3. The number of carbonyl (C=O) groups is 1. The lowest BCUT2D eigenvalue weighted by Crippen LogP contribution is -1.97. The summed E-state index contributed by atoms with van der Waals surface area (Å²) in [5, 5.41) is 9.72. The molecule has 0 unspecified atom stereocenters. The summed E-state index contributed by atoms with van der Waals surface area (Å²) in [5.41, 5.74) is 2.26. The molecular formula is C18H13Cl2NO3. The molecule has 122 valence electrons. The fourth-order valence-electron chi connectivity index (χ4n) is 2.31. The molecule has 1 N–H and O–H groups in total. The van der Waals surface area contributed by atoms with Crippen LogP contribution in [0.25, 0.3) is 22.6 Å². The van der Waals surface area contributed by atoms with E-state index in [1.54, 1.807) is 18.2 Å². The van der Waals surface area contributed by atoms with E-state index in [9.17, 15) is 4.79 Å². The molecule has 4 nitrogen and oxygen atoms in total. The van der Waals surface area contributed by atoms with Gasteiger partial charge in [-0.2, -0.15) is 0 Å². The molecular weight excluding hydrogens is 349 g/mol. The lowest BCUT2D eigenvalue weighted by atomic mass is 10.1. The molecule has 0 amide bonds. The van der Waals surface area contributed by atoms with Crippen molar-refractivity contribution in [3.63, 3.8) is 0 Å². The zero-order chi connectivity index (χ0) is 17.1. The average molecular weight is 362 g/mol. The Morgan fingerprint density at radius 3 is 2.46 bits per heavy atom. The van der Waals surface area contributed by atoms with Gasteiger partial charge in [0.1, 0.15) is 5.69 Å². The van der Waals surface area contributed by atoms with Gasteiger partial charge in [0.15, 0.2) is 11.7 Å². The number of oxazole rings is 1. The number of rotatable bonds is 5. The largest absolute Gasteiger partial charge is 0.481 e. The van der Waals surface area contributed by atoms with Crippen molar-refractivity contribution in [2.75, 3.05) is 0 Å². The Kier molecular flexibility index (Phi) is 4.88. The van der Waals surface area contributed by atoms with Gasteiger partial charge in [-0.05, 0) is 18.2 Å². The van der Waals surface area contributed by atoms with Gasteiger partial charge in [0.25, 0.3) is 0 Å². The van der Waals surface area contributed by atoms with Gasteiger partial charge < -0.3 is 9.52 Å². The Morgan fingerprint density at radius 1 is 1.04 bits per heavy atom. The first kappa shape index (κ1) is 16.6. The van der Waals surface area contributed by atoms with Gasteiger partial charge in [-0.3, -0.25) is 4.79 Å². The molecule has 3 rings (SSSR count). The second-order valence-corrected chi connectivity index (χ2v) is 5.99. The molecule has 0 aliphatic carbocycles. The van der Waals surface area contributed by atoms with Crippen molar-refractivity contribution in [2.45, 2.75) is 12.8 Å². The highest BCUT2D eigenvalue weighted by Crippen LogP contribution is 2.35. The summed E-state index contributed by atoms with van der Waals surface area (Å²) < 4.78 is 5.82. The number of hydrogen-bond acceptors (Lipinski definition) is 3. The van der Waals surface area contributed by atoms with Crippen LogP contribution < -0.4 is 0 Å². The van der Waals surface area contributed by atoms with E-state index in [0.29, 0.717) is 27.4 Å². The molecule has 0 fully saturated rings. The standard InChI is InChI=1S/C18H13Cl2NO3/c19-13-7-6-12(10-14(13)20)18-17(11-4-2-1-3-5-11)21-15(24-18)8-9-16(22)23/h1-7,10H,8-9H2,(H,22,23). The molecule has 0 atom stereocenters. The Bertz CT molecular complexity index is 875. The molecule has 6 heteroatoms. The molecule has 0 aliphatic heterocycles. The van der Waals surface area contributed by atoms with Crippen molar-refractivity contribution in [3.8, 4) is 22.6 Å². The summed E-state index contributed by atoms with van der Waals surface area (Å²) in [7, 11) is 0. The van der Waals surface area contributed by atoms with Crippen molar-refractivity contribution in [3.05, 3.63) is 64.5 Å². The number of halogens is 2. The van der Waals surface area contributed by atoms with Crippen LogP contribution in [0.3, 0.4) is 0 Å². The number of carboxylic acids is 1. The predicted octanol–water partition coefficient (Wildman–Crippen LogP) is 5.33. The first-order valence-corrected chi connectivity index (χ1v) is 8.02. The van der Waals surface area contributed by atoms with E-state index in [4.69, 9.17) is 32.7 Å². The Labute approximate surface area is 148 Å². The molecule has 2 aromatic carbocycles. The van der Waals surface area contributed by atoms with Crippen LogP contribution in [0, 0.1) is 0 Å². The van der Waals surface area contributed by atoms with Gasteiger partial charge in [0.05, 0.1) is 16.5 Å². The van der Waals surface area contributed by atoms with E-state index in [0.717, 1.165) is 11.1 Å². The highest BCUT2D eigenvalue weighted by molar-refractivity contribution is 6.42. The van der Waals surface area contributed by atoms with Gasteiger partial charge in [-0.15, -0.1) is 0 Å². The molecule has 0 spiro atoms. The first-order chi connectivity index (χ1) is 11.5. The van der Waals surface area contributed by atoms with E-state index < -0.39 is 5.97 Å². The molecule has 0 saturated carbocycles. The number of benzene rings is 2. The highest BCUT2D eigenvalue weighted by atomic mass is 35.5. The molecule has 3 aromatic rings. The van der Waals surface area contributed by atoms with Crippen molar-refractivity contribution in [1.82, 2.24) is 4.98 Å². The van der Waals surface area contributed by atoms with Crippen molar-refractivity contribution >= 4 is 29.2 Å². The van der Waals surface area contributed by atoms with Gasteiger partial charge in [0, 0.05) is 17.5 Å². The third kappa shape index (κ3) is 3.61. The maximum absolute atomic E-state index is 10.8. The van der Waals surface area contributed by atoms with Crippen LogP contribution in [-0.2, 0) is 11.2 Å². The number of aromatic nitrogens is 1. The van der Waals surface area contributed by atoms with Gasteiger partial charge >= 0.3 is 5.97 Å². The molecule has 24 heavy (non-hydrogen) atoms. The number of carboxylic acid groups (broad SMARTS) is 1. The summed E-state index contributed by atoms with van der Waals surface area (Å²) in [5.74, 6) is 0.0167. The number of nitrogens with zero attached hydrogens (tertiary/aromatic N) is 1. The van der Waals surface area contributed by atoms with E-state index in [-0.39, 0.29) is 12.8 Å². The topological polar surface area (TPSA) is 63.3 Å². The van der Waals surface area contributed by atoms with E-state index in [2.05, 4.69) is 4.98 Å². The quantitative estimate of drug-likeness (QED) is 0.666. The summed E-state index contributed by atoms with van der Waals surface area (Å²) in [6, 6.07) is 14.7. The fourth-order valence-corrected chi connectivity index (χ4v) is 2.61. The molecule has 1 aromatic heterocycles. The highest BCUT2D eigenvalue weighted by Gasteiger charge is 2.18. The minimum absolute atomic E-state index is 0.0461. The lowest BCUT2D eigenvalue weighted by molar-refractivity contribution is -0.137. The summed E-state index contributed by atoms with van der Waals surface area (Å²) in [6.07, 6.45) is 0.173. The molecule has 0 bridgehead atoms. The zero-order valence-electron chi connectivity index (χ0n) is 12.5. The van der Waals surface area contributed by atoms with Crippen LogP contribution in [-0.4, -0.2) is 16.1 Å². The third-order valence-corrected chi connectivity index (χ3v) is 4.19. The number of hydrogen-bond donors (Lipinski definition) is 1. The van der Waals surface area contributed by atoms with Crippen LogP contribution in [0.5, 0.6) is 0 Å². The smallest absolute Gasteiger partial charge is 0.303 e. The zero-order valence-corrected chi connectivity index (χ0v) is 14.0. The summed E-state index contributed by atoms with van der Waals surface area (Å²) in [6.45, 7) is 0. The normalized spacial score (nSPS) is 10.8. The molecule has 1 heterocycles. The predicted molar refractivity (Wildman–Crippen MR) is 93.4 cm³/mol. The van der Waals surface area contributed by atoms with Crippen molar-refractivity contribution in [1.29, 1.82) is 0 Å². The van der Waals surface area contributed by atoms with E-state index in [1.165, 1.54) is 0 Å². The fraction of sp³-hybridized carbons (Fsp3) is 0.111. The van der Waals surface area contributed by atoms with Crippen molar-refractivity contribution < 1.29 is 14.3 Å². The second-order valence-electron chi connectivity index (χ2n) is 5.17. The number of aryl methyl sites for hydroxylation is 1. The van der Waals surface area contributed by atoms with Crippen LogP contribution in [0.15, 0.2) is 52.9 Å². The molecule has 0 aliphatic rings. The summed E-state index contributed by atoms with van der Waals surface area (Å²) >= 11 is 12.1. The van der Waals surface area contributed by atoms with Gasteiger partial charge in [-0.25, -0.2) is 4.98 Å².